The van der Waals surface area contributed by atoms with Crippen LogP contribution >= 0.6 is 0 Å². The van der Waals surface area contributed by atoms with Gasteiger partial charge in [0.1, 0.15) is 0 Å². The molecule has 6 nitrogen and oxygen atoms in total. The van der Waals surface area contributed by atoms with Crippen molar-refractivity contribution in [3.8, 4) is 0 Å². The summed E-state index contributed by atoms with van der Waals surface area (Å²) in [7, 11) is 1.96. The minimum Gasteiger partial charge on any atom is -0.355 e. The topological polar surface area (TPSA) is 73.5 Å². The van der Waals surface area contributed by atoms with Crippen molar-refractivity contribution >= 4 is 11.8 Å². The number of carbonyl (C=O) groups is 2. The molecule has 19 heavy (non-hydrogen) atoms. The highest BCUT2D eigenvalue weighted by molar-refractivity contribution is 5.78. The van der Waals surface area contributed by atoms with Gasteiger partial charge in [-0.05, 0) is 26.4 Å². The van der Waals surface area contributed by atoms with Crippen molar-refractivity contribution in [3.05, 3.63) is 0 Å². The normalized spacial score (nSPS) is 19.2. The molecule has 3 N–H and O–H groups in total. The van der Waals surface area contributed by atoms with Crippen molar-refractivity contribution in [2.75, 3.05) is 39.8 Å². The van der Waals surface area contributed by atoms with Gasteiger partial charge in [-0.25, -0.2) is 0 Å². The first kappa shape index (κ1) is 15.9. The van der Waals surface area contributed by atoms with E-state index in [0.717, 1.165) is 13.1 Å². The van der Waals surface area contributed by atoms with Crippen LogP contribution in [0.25, 0.3) is 0 Å². The largest absolute Gasteiger partial charge is 0.355 e. The Morgan fingerprint density at radius 1 is 1.26 bits per heavy atom. The number of amides is 2. The summed E-state index contributed by atoms with van der Waals surface area (Å²) >= 11 is 0. The predicted octanol–water partition coefficient (Wildman–Crippen LogP) is -0.687. The third-order valence-corrected chi connectivity index (χ3v) is 3.18. The smallest absolute Gasteiger partial charge is 0.234 e. The highest BCUT2D eigenvalue weighted by Crippen LogP contribution is 2.07. The van der Waals surface area contributed by atoms with E-state index in [4.69, 9.17) is 0 Å². The maximum atomic E-state index is 11.7. The molecule has 2 amide bonds. The Labute approximate surface area is 115 Å². The fourth-order valence-electron chi connectivity index (χ4n) is 2.26. The lowest BCUT2D eigenvalue weighted by molar-refractivity contribution is -0.122. The Balaban J connectivity index is 2.07. The Bertz CT molecular complexity index is 290. The first-order valence-electron chi connectivity index (χ1n) is 7.01. The van der Waals surface area contributed by atoms with Crippen molar-refractivity contribution in [1.29, 1.82) is 0 Å². The van der Waals surface area contributed by atoms with Crippen LogP contribution in [0.3, 0.4) is 0 Å². The van der Waals surface area contributed by atoms with E-state index < -0.39 is 0 Å². The molecule has 6 heteroatoms. The molecule has 1 rings (SSSR count). The number of rotatable bonds is 7. The molecule has 1 heterocycles. The van der Waals surface area contributed by atoms with Crippen LogP contribution in [0.1, 0.15) is 26.2 Å². The SMILES string of the molecule is CC(=O)NCCNC(=O)CN(C)CC1CCCCN1. The van der Waals surface area contributed by atoms with Gasteiger partial charge in [0.25, 0.3) is 0 Å². The standard InChI is InChI=1S/C13H26N4O2/c1-11(18)14-7-8-16-13(19)10-17(2)9-12-5-3-4-6-15-12/h12,15H,3-10H2,1-2H3,(H,14,18)(H,16,19). The zero-order valence-electron chi connectivity index (χ0n) is 12.0. The van der Waals surface area contributed by atoms with E-state index >= 15 is 0 Å². The van der Waals surface area contributed by atoms with E-state index in [2.05, 4.69) is 16.0 Å². The minimum absolute atomic E-state index is 0.00339. The molecule has 1 unspecified atom stereocenters. The Morgan fingerprint density at radius 3 is 2.63 bits per heavy atom. The fourth-order valence-corrected chi connectivity index (χ4v) is 2.26. The molecule has 1 aliphatic heterocycles. The summed E-state index contributed by atoms with van der Waals surface area (Å²) in [5.74, 6) is -0.0709. The molecule has 0 bridgehead atoms. The van der Waals surface area contributed by atoms with E-state index in [1.807, 2.05) is 11.9 Å². The van der Waals surface area contributed by atoms with E-state index in [9.17, 15) is 9.59 Å². The van der Waals surface area contributed by atoms with Crippen LogP contribution in [0.5, 0.6) is 0 Å². The van der Waals surface area contributed by atoms with Crippen molar-refractivity contribution in [3.63, 3.8) is 0 Å². The molecule has 0 aromatic heterocycles. The van der Waals surface area contributed by atoms with Crippen LogP contribution in [-0.2, 0) is 9.59 Å². The van der Waals surface area contributed by atoms with Gasteiger partial charge in [-0.2, -0.15) is 0 Å². The molecular weight excluding hydrogens is 244 g/mol. The number of likely N-dealkylation sites (N-methyl/N-ethyl adjacent to an activating group) is 1. The van der Waals surface area contributed by atoms with Crippen LogP contribution in [0.2, 0.25) is 0 Å². The third-order valence-electron chi connectivity index (χ3n) is 3.18. The zero-order valence-corrected chi connectivity index (χ0v) is 12.0. The molecule has 0 radical (unpaired) electrons. The summed E-state index contributed by atoms with van der Waals surface area (Å²) in [4.78, 5) is 24.3. The van der Waals surface area contributed by atoms with Gasteiger partial charge in [-0.15, -0.1) is 0 Å². The lowest BCUT2D eigenvalue weighted by Crippen LogP contribution is -2.45. The van der Waals surface area contributed by atoms with Gasteiger partial charge in [0.2, 0.25) is 11.8 Å². The number of nitrogens with one attached hydrogen (secondary N) is 3. The number of hydrogen-bond donors (Lipinski definition) is 3. The third kappa shape index (κ3) is 7.79. The van der Waals surface area contributed by atoms with Gasteiger partial charge in [0.05, 0.1) is 6.54 Å². The van der Waals surface area contributed by atoms with E-state index in [1.165, 1.54) is 26.2 Å². The molecule has 1 saturated heterocycles. The molecule has 0 spiro atoms. The van der Waals surface area contributed by atoms with Crippen LogP contribution in [-0.4, -0.2) is 62.5 Å². The highest BCUT2D eigenvalue weighted by Gasteiger charge is 2.15. The van der Waals surface area contributed by atoms with Gasteiger partial charge < -0.3 is 16.0 Å². The average molecular weight is 270 g/mol. The van der Waals surface area contributed by atoms with Crippen LogP contribution in [0, 0.1) is 0 Å². The lowest BCUT2D eigenvalue weighted by atomic mass is 10.0. The Kier molecular flexibility index (Phi) is 7.43. The number of nitrogens with zero attached hydrogens (tertiary/aromatic N) is 1. The number of hydrogen-bond acceptors (Lipinski definition) is 4. The van der Waals surface area contributed by atoms with Crippen molar-refractivity contribution < 1.29 is 9.59 Å². The predicted molar refractivity (Wildman–Crippen MR) is 74.8 cm³/mol. The molecule has 0 saturated carbocycles. The maximum absolute atomic E-state index is 11.7. The summed E-state index contributed by atoms with van der Waals surface area (Å²) in [6, 6.07) is 0.505. The number of piperidine rings is 1. The fraction of sp³-hybridized carbons (Fsp3) is 0.846. The summed E-state index contributed by atoms with van der Waals surface area (Å²) in [5.41, 5.74) is 0. The molecule has 0 aliphatic carbocycles. The molecule has 110 valence electrons. The Morgan fingerprint density at radius 2 is 2.00 bits per heavy atom. The van der Waals surface area contributed by atoms with Crippen LogP contribution in [0.4, 0.5) is 0 Å². The van der Waals surface area contributed by atoms with Gasteiger partial charge in [-0.1, -0.05) is 6.42 Å². The monoisotopic (exact) mass is 270 g/mol. The molecule has 1 atom stereocenters. The first-order valence-corrected chi connectivity index (χ1v) is 7.01. The Hall–Kier alpha value is -1.14. The van der Waals surface area contributed by atoms with E-state index in [0.29, 0.717) is 25.7 Å². The van der Waals surface area contributed by atoms with Gasteiger partial charge in [0, 0.05) is 32.6 Å². The van der Waals surface area contributed by atoms with Gasteiger partial charge in [0.15, 0.2) is 0 Å². The van der Waals surface area contributed by atoms with Crippen molar-refractivity contribution in [1.82, 2.24) is 20.9 Å². The van der Waals surface area contributed by atoms with E-state index in [-0.39, 0.29) is 11.8 Å². The first-order chi connectivity index (χ1) is 9.08. The molecule has 1 aliphatic rings. The summed E-state index contributed by atoms with van der Waals surface area (Å²) in [6.45, 7) is 4.81. The summed E-state index contributed by atoms with van der Waals surface area (Å²) in [6.07, 6.45) is 3.72. The second-order valence-electron chi connectivity index (χ2n) is 5.18. The van der Waals surface area contributed by atoms with Gasteiger partial charge in [-0.3, -0.25) is 14.5 Å². The highest BCUT2D eigenvalue weighted by atomic mass is 16.2. The average Bonchev–Trinajstić information content (AvgIpc) is 2.35. The van der Waals surface area contributed by atoms with Gasteiger partial charge >= 0.3 is 0 Å². The molecule has 1 fully saturated rings. The number of carbonyl (C=O) groups excluding carboxylic acids is 2. The van der Waals surface area contributed by atoms with Crippen molar-refractivity contribution in [2.45, 2.75) is 32.2 Å². The second kappa shape index (κ2) is 8.87. The summed E-state index contributed by atoms with van der Waals surface area (Å²) in [5, 5.41) is 8.90. The second-order valence-corrected chi connectivity index (χ2v) is 5.18. The molecular formula is C13H26N4O2. The van der Waals surface area contributed by atoms with Crippen LogP contribution < -0.4 is 16.0 Å². The minimum atomic E-state index is -0.0743. The lowest BCUT2D eigenvalue weighted by Gasteiger charge is -2.27. The maximum Gasteiger partial charge on any atom is 0.234 e. The quantitative estimate of drug-likeness (QED) is 0.536. The molecule has 0 aromatic carbocycles. The zero-order chi connectivity index (χ0) is 14.1. The van der Waals surface area contributed by atoms with E-state index in [1.54, 1.807) is 0 Å². The molecule has 0 aromatic rings. The summed E-state index contributed by atoms with van der Waals surface area (Å²) < 4.78 is 0. The van der Waals surface area contributed by atoms with Crippen LogP contribution in [0.15, 0.2) is 0 Å². The van der Waals surface area contributed by atoms with Crippen molar-refractivity contribution in [2.24, 2.45) is 0 Å².